The van der Waals surface area contributed by atoms with Crippen molar-refractivity contribution in [2.75, 3.05) is 33.3 Å². The lowest BCUT2D eigenvalue weighted by Gasteiger charge is -2.26. The van der Waals surface area contributed by atoms with Gasteiger partial charge < -0.3 is 20.6 Å². The number of aliphatic imine (C=N–C) groups is 1. The first-order valence-corrected chi connectivity index (χ1v) is 10.7. The van der Waals surface area contributed by atoms with Crippen molar-refractivity contribution in [1.82, 2.24) is 15.5 Å². The molecule has 160 valence electrons. The van der Waals surface area contributed by atoms with E-state index in [-0.39, 0.29) is 18.4 Å². The van der Waals surface area contributed by atoms with Crippen LogP contribution in [0.5, 0.6) is 0 Å². The molecule has 3 N–H and O–H groups in total. The number of amides is 1. The van der Waals surface area contributed by atoms with Crippen LogP contribution in [0.3, 0.4) is 0 Å². The van der Waals surface area contributed by atoms with E-state index in [0.29, 0.717) is 19.0 Å². The highest BCUT2D eigenvalue weighted by Gasteiger charge is 2.18. The van der Waals surface area contributed by atoms with Crippen LogP contribution in [0.25, 0.3) is 0 Å². The Morgan fingerprint density at radius 2 is 1.83 bits per heavy atom. The molecule has 30 heavy (non-hydrogen) atoms. The molecule has 6 nitrogen and oxygen atoms in total. The molecule has 1 saturated heterocycles. The quantitative estimate of drug-likeness (QED) is 0.486. The number of aliphatic hydroxyl groups is 1. The van der Waals surface area contributed by atoms with Crippen molar-refractivity contribution in [2.24, 2.45) is 4.99 Å². The number of likely N-dealkylation sites (tertiary alicyclic amines) is 1. The first-order valence-electron chi connectivity index (χ1n) is 10.7. The second-order valence-corrected chi connectivity index (χ2v) is 7.65. The van der Waals surface area contributed by atoms with Gasteiger partial charge in [-0.2, -0.15) is 0 Å². The lowest BCUT2D eigenvalue weighted by molar-refractivity contribution is 0.0724. The van der Waals surface area contributed by atoms with Crippen LogP contribution in [0, 0.1) is 0 Å². The van der Waals surface area contributed by atoms with E-state index in [2.05, 4.69) is 15.6 Å². The molecule has 0 bridgehead atoms. The number of guanidine groups is 1. The maximum absolute atomic E-state index is 12.7. The maximum Gasteiger partial charge on any atom is 0.253 e. The fraction of sp³-hybridized carbons (Fsp3) is 0.417. The Labute approximate surface area is 179 Å². The van der Waals surface area contributed by atoms with E-state index in [1.807, 2.05) is 59.5 Å². The van der Waals surface area contributed by atoms with Gasteiger partial charge in [-0.05, 0) is 42.5 Å². The number of hydrogen-bond acceptors (Lipinski definition) is 3. The summed E-state index contributed by atoms with van der Waals surface area (Å²) in [5, 5.41) is 16.3. The molecule has 0 aromatic heterocycles. The van der Waals surface area contributed by atoms with Crippen molar-refractivity contribution in [3.05, 3.63) is 71.3 Å². The molecule has 0 aliphatic carbocycles. The van der Waals surface area contributed by atoms with E-state index in [1.165, 1.54) is 6.42 Å². The second-order valence-electron chi connectivity index (χ2n) is 7.65. The molecule has 1 heterocycles. The smallest absolute Gasteiger partial charge is 0.253 e. The number of rotatable bonds is 7. The molecule has 1 fully saturated rings. The Hall–Kier alpha value is -2.86. The molecule has 3 rings (SSSR count). The van der Waals surface area contributed by atoms with E-state index in [1.54, 1.807) is 7.05 Å². The van der Waals surface area contributed by atoms with Gasteiger partial charge in [-0.1, -0.05) is 42.5 Å². The molecule has 1 unspecified atom stereocenters. The summed E-state index contributed by atoms with van der Waals surface area (Å²) in [5.74, 6) is 0.778. The van der Waals surface area contributed by atoms with E-state index >= 15 is 0 Å². The topological polar surface area (TPSA) is 77.0 Å². The van der Waals surface area contributed by atoms with Gasteiger partial charge in [0, 0.05) is 44.7 Å². The number of benzene rings is 2. The van der Waals surface area contributed by atoms with Gasteiger partial charge in [0.1, 0.15) is 0 Å². The number of carbonyl (C=O) groups is 1. The average Bonchev–Trinajstić information content (AvgIpc) is 2.82. The standard InChI is InChI=1S/C24H32N4O2/c1-25-24(27-17-22(18-29)20-10-4-2-5-11-20)26-16-19-9-8-12-21(15-19)23(30)28-13-6-3-7-14-28/h2,4-5,8-12,15,22,29H,3,6-7,13-14,16-18H2,1H3,(H2,25,26,27). The average molecular weight is 409 g/mol. The summed E-state index contributed by atoms with van der Waals surface area (Å²) in [5.41, 5.74) is 2.86. The van der Waals surface area contributed by atoms with Crippen LogP contribution in [-0.4, -0.2) is 55.2 Å². The molecule has 0 spiro atoms. The van der Waals surface area contributed by atoms with Crippen LogP contribution < -0.4 is 10.6 Å². The lowest BCUT2D eigenvalue weighted by atomic mass is 10.0. The zero-order valence-electron chi connectivity index (χ0n) is 17.7. The third kappa shape index (κ3) is 6.07. The molecule has 1 atom stereocenters. The third-order valence-corrected chi connectivity index (χ3v) is 5.51. The number of nitrogens with one attached hydrogen (secondary N) is 2. The minimum absolute atomic E-state index is 0.00441. The first-order chi connectivity index (χ1) is 14.7. The van der Waals surface area contributed by atoms with Crippen molar-refractivity contribution in [3.8, 4) is 0 Å². The van der Waals surface area contributed by atoms with E-state index in [9.17, 15) is 9.90 Å². The first kappa shape index (κ1) is 21.8. The highest BCUT2D eigenvalue weighted by atomic mass is 16.3. The number of hydrogen-bond donors (Lipinski definition) is 3. The molecule has 1 aliphatic heterocycles. The molecule has 0 saturated carbocycles. The van der Waals surface area contributed by atoms with Gasteiger partial charge in [0.05, 0.1) is 6.61 Å². The molecular formula is C24H32N4O2. The van der Waals surface area contributed by atoms with Gasteiger partial charge in [0.25, 0.3) is 5.91 Å². The molecular weight excluding hydrogens is 376 g/mol. The van der Waals surface area contributed by atoms with Crippen molar-refractivity contribution >= 4 is 11.9 Å². The van der Waals surface area contributed by atoms with Crippen LogP contribution in [0.15, 0.2) is 59.6 Å². The Morgan fingerprint density at radius 3 is 2.53 bits per heavy atom. The highest BCUT2D eigenvalue weighted by Crippen LogP contribution is 2.15. The van der Waals surface area contributed by atoms with E-state index in [4.69, 9.17) is 0 Å². The zero-order valence-corrected chi connectivity index (χ0v) is 17.7. The summed E-state index contributed by atoms with van der Waals surface area (Å²) in [4.78, 5) is 19.0. The van der Waals surface area contributed by atoms with E-state index in [0.717, 1.165) is 42.6 Å². The van der Waals surface area contributed by atoms with Gasteiger partial charge in [-0.25, -0.2) is 0 Å². The minimum atomic E-state index is -0.00441. The van der Waals surface area contributed by atoms with E-state index < -0.39 is 0 Å². The van der Waals surface area contributed by atoms with Crippen molar-refractivity contribution < 1.29 is 9.90 Å². The van der Waals surface area contributed by atoms with Gasteiger partial charge >= 0.3 is 0 Å². The van der Waals surface area contributed by atoms with Crippen LogP contribution in [0.4, 0.5) is 0 Å². The molecule has 6 heteroatoms. The monoisotopic (exact) mass is 408 g/mol. The predicted octanol–water partition coefficient (Wildman–Crippen LogP) is 2.75. The number of carbonyl (C=O) groups excluding carboxylic acids is 1. The summed E-state index contributed by atoms with van der Waals surface area (Å²) in [6.45, 7) is 2.91. The molecule has 1 amide bonds. The number of piperidine rings is 1. The summed E-state index contributed by atoms with van der Waals surface area (Å²) in [7, 11) is 1.72. The number of nitrogens with zero attached hydrogens (tertiary/aromatic N) is 2. The largest absolute Gasteiger partial charge is 0.396 e. The second kappa shape index (κ2) is 11.4. The van der Waals surface area contributed by atoms with Crippen molar-refractivity contribution in [2.45, 2.75) is 31.7 Å². The Kier molecular flexibility index (Phi) is 8.27. The maximum atomic E-state index is 12.7. The van der Waals surface area contributed by atoms with Crippen molar-refractivity contribution in [3.63, 3.8) is 0 Å². The van der Waals surface area contributed by atoms with Crippen LogP contribution in [0.1, 0.15) is 46.7 Å². The summed E-state index contributed by atoms with van der Waals surface area (Å²) in [6, 6.07) is 17.7. The van der Waals surface area contributed by atoms with Crippen molar-refractivity contribution in [1.29, 1.82) is 0 Å². The Bertz CT molecular complexity index is 832. The summed E-state index contributed by atoms with van der Waals surface area (Å²) in [6.07, 6.45) is 3.39. The summed E-state index contributed by atoms with van der Waals surface area (Å²) < 4.78 is 0. The fourth-order valence-corrected chi connectivity index (χ4v) is 3.73. The SMILES string of the molecule is CN=C(NCc1cccc(C(=O)N2CCCCC2)c1)NCC(CO)c1ccccc1. The Morgan fingerprint density at radius 1 is 1.07 bits per heavy atom. The lowest BCUT2D eigenvalue weighted by Crippen LogP contribution is -2.39. The molecule has 2 aromatic rings. The van der Waals surface area contributed by atoms with Crippen LogP contribution in [-0.2, 0) is 6.54 Å². The Balaban J connectivity index is 1.54. The fourth-order valence-electron chi connectivity index (χ4n) is 3.73. The summed E-state index contributed by atoms with van der Waals surface area (Å²) >= 11 is 0. The van der Waals surface area contributed by atoms with Crippen LogP contribution in [0.2, 0.25) is 0 Å². The third-order valence-electron chi connectivity index (χ3n) is 5.51. The van der Waals surface area contributed by atoms with Gasteiger partial charge in [0.15, 0.2) is 5.96 Å². The minimum Gasteiger partial charge on any atom is -0.396 e. The van der Waals surface area contributed by atoms with Gasteiger partial charge in [-0.3, -0.25) is 9.79 Å². The van der Waals surface area contributed by atoms with Crippen LogP contribution >= 0.6 is 0 Å². The van der Waals surface area contributed by atoms with Gasteiger partial charge in [0.2, 0.25) is 0 Å². The normalized spacial score (nSPS) is 15.5. The zero-order chi connectivity index (χ0) is 21.2. The predicted molar refractivity (Wildman–Crippen MR) is 121 cm³/mol. The molecule has 1 aliphatic rings. The number of aliphatic hydroxyl groups excluding tert-OH is 1. The molecule has 2 aromatic carbocycles. The molecule has 0 radical (unpaired) electrons. The highest BCUT2D eigenvalue weighted by molar-refractivity contribution is 5.94. The van der Waals surface area contributed by atoms with Gasteiger partial charge in [-0.15, -0.1) is 0 Å².